The molecule has 0 saturated heterocycles. The van der Waals surface area contributed by atoms with Gasteiger partial charge >= 0.3 is 6.09 Å². The number of hydrogen-bond donors (Lipinski definition) is 2. The molecule has 0 unspecified atom stereocenters. The van der Waals surface area contributed by atoms with Crippen LogP contribution in [0.3, 0.4) is 0 Å². The van der Waals surface area contributed by atoms with E-state index in [0.29, 0.717) is 12.0 Å². The van der Waals surface area contributed by atoms with Gasteiger partial charge in [-0.1, -0.05) is 27.7 Å². The minimum atomic E-state index is -0.447. The third-order valence-corrected chi connectivity index (χ3v) is 2.25. The number of ether oxygens (including phenoxy) is 1. The lowest BCUT2D eigenvalue weighted by atomic mass is 10.0. The predicted molar refractivity (Wildman–Crippen MR) is 71.1 cm³/mol. The van der Waals surface area contributed by atoms with E-state index in [1.807, 2.05) is 20.8 Å². The van der Waals surface area contributed by atoms with Gasteiger partial charge in [0, 0.05) is 18.6 Å². The zero-order valence-electron chi connectivity index (χ0n) is 12.3. The molecule has 1 amide bonds. The molecule has 0 radical (unpaired) electrons. The number of nitrogens with one attached hydrogen (secondary N) is 2. The van der Waals surface area contributed by atoms with Gasteiger partial charge in [0.2, 0.25) is 0 Å². The molecule has 0 saturated carbocycles. The second-order valence-electron chi connectivity index (χ2n) is 6.06. The summed E-state index contributed by atoms with van der Waals surface area (Å²) in [4.78, 5) is 11.7. The lowest BCUT2D eigenvalue weighted by Gasteiger charge is -2.26. The SMILES string of the molecule is CC(C)NC[C@H](NC(=O)OC(C)(C)C)C(C)C. The largest absolute Gasteiger partial charge is 0.444 e. The Morgan fingerprint density at radius 1 is 1.18 bits per heavy atom. The van der Waals surface area contributed by atoms with Crippen molar-refractivity contribution < 1.29 is 9.53 Å². The Balaban J connectivity index is 4.21. The second-order valence-corrected chi connectivity index (χ2v) is 6.06. The zero-order chi connectivity index (χ0) is 13.6. The lowest BCUT2D eigenvalue weighted by Crippen LogP contribution is -2.48. The topological polar surface area (TPSA) is 50.4 Å². The Morgan fingerprint density at radius 2 is 1.71 bits per heavy atom. The minimum absolute atomic E-state index is 0.0900. The van der Waals surface area contributed by atoms with Crippen molar-refractivity contribution in [2.45, 2.75) is 66.2 Å². The molecule has 2 N–H and O–H groups in total. The fourth-order valence-electron chi connectivity index (χ4n) is 1.27. The molecule has 0 aliphatic heterocycles. The van der Waals surface area contributed by atoms with Gasteiger partial charge < -0.3 is 15.4 Å². The molecule has 0 aromatic heterocycles. The number of rotatable bonds is 5. The summed E-state index contributed by atoms with van der Waals surface area (Å²) >= 11 is 0. The van der Waals surface area contributed by atoms with Crippen LogP contribution in [0, 0.1) is 5.92 Å². The second kappa shape index (κ2) is 6.84. The summed E-state index contributed by atoms with van der Waals surface area (Å²) in [5.41, 5.74) is -0.447. The van der Waals surface area contributed by atoms with E-state index in [4.69, 9.17) is 4.74 Å². The summed E-state index contributed by atoms with van der Waals surface area (Å²) in [6.45, 7) is 14.7. The van der Waals surface area contributed by atoms with Crippen LogP contribution in [0.2, 0.25) is 0 Å². The average Bonchev–Trinajstić information content (AvgIpc) is 2.08. The number of hydrogen-bond acceptors (Lipinski definition) is 3. The molecule has 1 atom stereocenters. The Labute approximate surface area is 105 Å². The number of amides is 1. The molecule has 0 heterocycles. The van der Waals surface area contributed by atoms with Crippen LogP contribution in [-0.4, -0.2) is 30.3 Å². The Morgan fingerprint density at radius 3 is 2.06 bits per heavy atom. The van der Waals surface area contributed by atoms with E-state index < -0.39 is 5.60 Å². The third-order valence-electron chi connectivity index (χ3n) is 2.25. The first-order valence-electron chi connectivity index (χ1n) is 6.34. The van der Waals surface area contributed by atoms with Gasteiger partial charge in [0.1, 0.15) is 5.60 Å². The standard InChI is InChI=1S/C13H28N2O2/c1-9(2)11(8-14-10(3)4)15-12(16)17-13(5,6)7/h9-11,14H,8H2,1-7H3,(H,15,16)/t11-/m0/s1. The molecule has 0 aromatic carbocycles. The highest BCUT2D eigenvalue weighted by Gasteiger charge is 2.21. The van der Waals surface area contributed by atoms with Gasteiger partial charge in [-0.2, -0.15) is 0 Å². The molecular weight excluding hydrogens is 216 g/mol. The van der Waals surface area contributed by atoms with Crippen molar-refractivity contribution >= 4 is 6.09 Å². The van der Waals surface area contributed by atoms with Gasteiger partial charge in [0.15, 0.2) is 0 Å². The summed E-state index contributed by atoms with van der Waals surface area (Å²) in [7, 11) is 0. The molecule has 0 aliphatic carbocycles. The number of alkyl carbamates (subject to hydrolysis) is 1. The fourth-order valence-corrected chi connectivity index (χ4v) is 1.27. The molecule has 0 aliphatic rings. The first-order valence-corrected chi connectivity index (χ1v) is 6.34. The Kier molecular flexibility index (Phi) is 6.53. The fraction of sp³-hybridized carbons (Fsp3) is 0.923. The zero-order valence-corrected chi connectivity index (χ0v) is 12.3. The minimum Gasteiger partial charge on any atom is -0.444 e. The van der Waals surface area contributed by atoms with Crippen molar-refractivity contribution in [1.82, 2.24) is 10.6 Å². The maximum Gasteiger partial charge on any atom is 0.407 e. The van der Waals surface area contributed by atoms with Crippen molar-refractivity contribution in [1.29, 1.82) is 0 Å². The highest BCUT2D eigenvalue weighted by molar-refractivity contribution is 5.68. The maximum atomic E-state index is 11.7. The van der Waals surface area contributed by atoms with E-state index in [0.717, 1.165) is 6.54 Å². The van der Waals surface area contributed by atoms with Crippen LogP contribution in [0.1, 0.15) is 48.5 Å². The van der Waals surface area contributed by atoms with Crippen LogP contribution >= 0.6 is 0 Å². The molecule has 17 heavy (non-hydrogen) atoms. The van der Waals surface area contributed by atoms with Gasteiger partial charge in [-0.25, -0.2) is 4.79 Å². The van der Waals surface area contributed by atoms with E-state index in [2.05, 4.69) is 38.3 Å². The number of carbonyl (C=O) groups excluding carboxylic acids is 1. The number of carbonyl (C=O) groups is 1. The van der Waals surface area contributed by atoms with Gasteiger partial charge in [0.05, 0.1) is 0 Å². The van der Waals surface area contributed by atoms with Crippen LogP contribution in [0.15, 0.2) is 0 Å². The van der Waals surface area contributed by atoms with Gasteiger partial charge in [-0.15, -0.1) is 0 Å². The van der Waals surface area contributed by atoms with Crippen LogP contribution in [0.25, 0.3) is 0 Å². The van der Waals surface area contributed by atoms with E-state index in [-0.39, 0.29) is 12.1 Å². The molecule has 0 aromatic rings. The van der Waals surface area contributed by atoms with Crippen molar-refractivity contribution in [3.8, 4) is 0 Å². The normalized spacial score (nSPS) is 13.9. The van der Waals surface area contributed by atoms with E-state index >= 15 is 0 Å². The van der Waals surface area contributed by atoms with Crippen molar-refractivity contribution in [2.24, 2.45) is 5.92 Å². The summed E-state index contributed by atoms with van der Waals surface area (Å²) in [6, 6.07) is 0.504. The molecular formula is C13H28N2O2. The Bertz CT molecular complexity index is 232. The lowest BCUT2D eigenvalue weighted by molar-refractivity contribution is 0.0489. The maximum absolute atomic E-state index is 11.7. The molecule has 102 valence electrons. The van der Waals surface area contributed by atoms with Crippen LogP contribution in [0.4, 0.5) is 4.79 Å². The molecule has 4 heteroatoms. The molecule has 0 rings (SSSR count). The molecule has 4 nitrogen and oxygen atoms in total. The van der Waals surface area contributed by atoms with Crippen molar-refractivity contribution in [3.05, 3.63) is 0 Å². The Hall–Kier alpha value is -0.770. The predicted octanol–water partition coefficient (Wildman–Crippen LogP) is 2.53. The van der Waals surface area contributed by atoms with Crippen LogP contribution in [0.5, 0.6) is 0 Å². The van der Waals surface area contributed by atoms with Crippen LogP contribution < -0.4 is 10.6 Å². The summed E-state index contributed by atoms with van der Waals surface area (Å²) < 4.78 is 5.25. The van der Waals surface area contributed by atoms with Crippen LogP contribution in [-0.2, 0) is 4.74 Å². The smallest absolute Gasteiger partial charge is 0.407 e. The highest BCUT2D eigenvalue weighted by atomic mass is 16.6. The molecule has 0 bridgehead atoms. The first kappa shape index (κ1) is 16.2. The molecule has 0 spiro atoms. The molecule has 0 fully saturated rings. The summed E-state index contributed by atoms with van der Waals surface area (Å²) in [6.07, 6.45) is -0.346. The summed E-state index contributed by atoms with van der Waals surface area (Å²) in [5.74, 6) is 0.369. The van der Waals surface area contributed by atoms with E-state index in [9.17, 15) is 4.79 Å². The third kappa shape index (κ3) is 8.98. The average molecular weight is 244 g/mol. The first-order chi connectivity index (χ1) is 7.61. The quantitative estimate of drug-likeness (QED) is 0.781. The summed E-state index contributed by atoms with van der Waals surface area (Å²) in [5, 5.41) is 6.23. The van der Waals surface area contributed by atoms with Gasteiger partial charge in [-0.05, 0) is 26.7 Å². The highest BCUT2D eigenvalue weighted by Crippen LogP contribution is 2.08. The van der Waals surface area contributed by atoms with Gasteiger partial charge in [0.25, 0.3) is 0 Å². The van der Waals surface area contributed by atoms with Crippen molar-refractivity contribution in [3.63, 3.8) is 0 Å². The van der Waals surface area contributed by atoms with E-state index in [1.54, 1.807) is 0 Å². The van der Waals surface area contributed by atoms with Crippen molar-refractivity contribution in [2.75, 3.05) is 6.54 Å². The van der Waals surface area contributed by atoms with E-state index in [1.165, 1.54) is 0 Å². The van der Waals surface area contributed by atoms with Gasteiger partial charge in [-0.3, -0.25) is 0 Å². The monoisotopic (exact) mass is 244 g/mol.